The number of imidazole rings is 1. The zero-order valence-electron chi connectivity index (χ0n) is 16.3. The van der Waals surface area contributed by atoms with E-state index < -0.39 is 5.41 Å². The molecule has 3 heterocycles. The maximum absolute atomic E-state index is 13.2. The van der Waals surface area contributed by atoms with Crippen LogP contribution in [0.25, 0.3) is 11.0 Å². The van der Waals surface area contributed by atoms with E-state index in [0.717, 1.165) is 37.9 Å². The Kier molecular flexibility index (Phi) is 4.34. The Morgan fingerprint density at radius 1 is 1.07 bits per heavy atom. The lowest BCUT2D eigenvalue weighted by Crippen LogP contribution is -2.39. The lowest BCUT2D eigenvalue weighted by molar-refractivity contribution is -0.135. The van der Waals surface area contributed by atoms with Gasteiger partial charge in [0.1, 0.15) is 5.52 Å². The van der Waals surface area contributed by atoms with Crippen molar-refractivity contribution < 1.29 is 9.59 Å². The van der Waals surface area contributed by atoms with Gasteiger partial charge in [0.25, 0.3) is 5.91 Å². The van der Waals surface area contributed by atoms with Crippen molar-refractivity contribution in [2.24, 2.45) is 5.41 Å². The molecule has 1 spiro atoms. The molecule has 0 saturated carbocycles. The van der Waals surface area contributed by atoms with Gasteiger partial charge in [-0.05, 0) is 37.0 Å². The number of amides is 2. The lowest BCUT2D eigenvalue weighted by Gasteiger charge is -2.24. The Bertz CT molecular complexity index is 1060. The molecule has 2 aromatic carbocycles. The van der Waals surface area contributed by atoms with Gasteiger partial charge in [-0.2, -0.15) is 0 Å². The quantitative estimate of drug-likeness (QED) is 0.747. The van der Waals surface area contributed by atoms with Crippen LogP contribution in [0.3, 0.4) is 0 Å². The minimum Gasteiger partial charge on any atom is -0.345 e. The number of benzene rings is 2. The van der Waals surface area contributed by atoms with E-state index in [1.165, 1.54) is 5.56 Å². The summed E-state index contributed by atoms with van der Waals surface area (Å²) in [4.78, 5) is 37.5. The number of hydrogen-bond acceptors (Lipinski definition) is 3. The van der Waals surface area contributed by atoms with Crippen LogP contribution in [0.2, 0.25) is 0 Å². The van der Waals surface area contributed by atoms with E-state index >= 15 is 0 Å². The summed E-state index contributed by atoms with van der Waals surface area (Å²) in [6.07, 6.45) is 4.05. The second-order valence-corrected chi connectivity index (χ2v) is 8.14. The van der Waals surface area contributed by atoms with E-state index in [-0.39, 0.29) is 11.8 Å². The van der Waals surface area contributed by atoms with Gasteiger partial charge >= 0.3 is 0 Å². The predicted molar refractivity (Wildman–Crippen MR) is 110 cm³/mol. The van der Waals surface area contributed by atoms with Crippen molar-refractivity contribution in [2.45, 2.75) is 19.3 Å². The average molecular weight is 388 g/mol. The molecule has 0 bridgehead atoms. The molecule has 2 aliphatic rings. The molecule has 1 unspecified atom stereocenters. The van der Waals surface area contributed by atoms with Crippen LogP contribution in [0.1, 0.15) is 28.8 Å². The second-order valence-electron chi connectivity index (χ2n) is 8.14. The number of rotatable bonds is 4. The van der Waals surface area contributed by atoms with Crippen molar-refractivity contribution >= 4 is 22.8 Å². The van der Waals surface area contributed by atoms with Crippen LogP contribution >= 0.6 is 0 Å². The molecule has 148 valence electrons. The fourth-order valence-electron chi connectivity index (χ4n) is 4.75. The number of hydrogen-bond donors (Lipinski definition) is 1. The molecule has 2 amide bonds. The van der Waals surface area contributed by atoms with Gasteiger partial charge in [0, 0.05) is 26.2 Å². The molecule has 2 fully saturated rings. The van der Waals surface area contributed by atoms with Crippen molar-refractivity contribution in [1.29, 1.82) is 0 Å². The molecule has 1 atom stereocenters. The molecule has 1 aromatic heterocycles. The highest BCUT2D eigenvalue weighted by molar-refractivity contribution is 6.05. The number of likely N-dealkylation sites (tertiary alicyclic amines) is 2. The molecule has 2 aliphatic heterocycles. The number of nitrogens with zero attached hydrogens (tertiary/aromatic N) is 3. The lowest BCUT2D eigenvalue weighted by atomic mass is 9.85. The standard InChI is InChI=1S/C23H24N4O2/c28-21(18-7-4-8-19-20(18)25-16-24-19)27-14-11-23(15-27)10-13-26(22(23)29)12-9-17-5-2-1-3-6-17/h1-8,16H,9-15H2,(H,24,25). The number of aromatic nitrogens is 2. The molecule has 0 radical (unpaired) electrons. The maximum Gasteiger partial charge on any atom is 0.256 e. The van der Waals surface area contributed by atoms with Crippen LogP contribution in [0.5, 0.6) is 0 Å². The van der Waals surface area contributed by atoms with E-state index in [0.29, 0.717) is 24.2 Å². The molecule has 6 heteroatoms. The third-order valence-corrected chi connectivity index (χ3v) is 6.44. The van der Waals surface area contributed by atoms with Crippen molar-refractivity contribution in [1.82, 2.24) is 19.8 Å². The number of carbonyl (C=O) groups excluding carboxylic acids is 2. The molecular weight excluding hydrogens is 364 g/mol. The minimum atomic E-state index is -0.411. The van der Waals surface area contributed by atoms with Gasteiger partial charge in [-0.3, -0.25) is 9.59 Å². The molecule has 6 nitrogen and oxygen atoms in total. The highest BCUT2D eigenvalue weighted by Gasteiger charge is 2.51. The van der Waals surface area contributed by atoms with Crippen LogP contribution in [0, 0.1) is 5.41 Å². The number of nitrogens with one attached hydrogen (secondary N) is 1. The van der Waals surface area contributed by atoms with E-state index in [9.17, 15) is 9.59 Å². The van der Waals surface area contributed by atoms with Crippen LogP contribution in [-0.4, -0.2) is 57.8 Å². The highest BCUT2D eigenvalue weighted by Crippen LogP contribution is 2.41. The first-order valence-electron chi connectivity index (χ1n) is 10.2. The van der Waals surface area contributed by atoms with Gasteiger partial charge in [0.2, 0.25) is 5.91 Å². The van der Waals surface area contributed by atoms with E-state index in [2.05, 4.69) is 22.1 Å². The maximum atomic E-state index is 13.2. The first-order chi connectivity index (χ1) is 14.2. The summed E-state index contributed by atoms with van der Waals surface area (Å²) in [5.41, 5.74) is 2.99. The third kappa shape index (κ3) is 3.09. The Morgan fingerprint density at radius 3 is 2.76 bits per heavy atom. The van der Waals surface area contributed by atoms with Crippen LogP contribution in [0.4, 0.5) is 0 Å². The van der Waals surface area contributed by atoms with Gasteiger partial charge in [0.05, 0.1) is 22.8 Å². The number of para-hydroxylation sites is 1. The predicted octanol–water partition coefficient (Wildman–Crippen LogP) is 2.87. The van der Waals surface area contributed by atoms with E-state index in [1.54, 1.807) is 6.33 Å². The zero-order chi connectivity index (χ0) is 19.8. The summed E-state index contributed by atoms with van der Waals surface area (Å²) in [5, 5.41) is 0. The van der Waals surface area contributed by atoms with Gasteiger partial charge in [-0.1, -0.05) is 36.4 Å². The summed E-state index contributed by atoms with van der Waals surface area (Å²) < 4.78 is 0. The summed E-state index contributed by atoms with van der Waals surface area (Å²) in [6.45, 7) is 2.65. The van der Waals surface area contributed by atoms with Crippen molar-refractivity contribution in [3.8, 4) is 0 Å². The molecule has 2 saturated heterocycles. The fraction of sp³-hybridized carbons (Fsp3) is 0.348. The van der Waals surface area contributed by atoms with Crippen molar-refractivity contribution in [3.63, 3.8) is 0 Å². The number of H-pyrrole nitrogens is 1. The molecule has 0 aliphatic carbocycles. The number of carbonyl (C=O) groups is 2. The van der Waals surface area contributed by atoms with Gasteiger partial charge in [0.15, 0.2) is 0 Å². The average Bonchev–Trinajstić information content (AvgIpc) is 3.47. The smallest absolute Gasteiger partial charge is 0.256 e. The summed E-state index contributed by atoms with van der Waals surface area (Å²) in [5.74, 6) is 0.178. The Labute approximate surface area is 169 Å². The molecule has 5 rings (SSSR count). The first-order valence-corrected chi connectivity index (χ1v) is 10.2. The summed E-state index contributed by atoms with van der Waals surface area (Å²) in [6, 6.07) is 15.9. The topological polar surface area (TPSA) is 69.3 Å². The zero-order valence-corrected chi connectivity index (χ0v) is 16.3. The van der Waals surface area contributed by atoms with Crippen LogP contribution < -0.4 is 0 Å². The van der Waals surface area contributed by atoms with Gasteiger partial charge in [-0.15, -0.1) is 0 Å². The SMILES string of the molecule is O=C(c1cccc2[nH]cnc12)N1CCC2(CCN(CCc3ccccc3)C2=O)C1. The summed E-state index contributed by atoms with van der Waals surface area (Å²) >= 11 is 0. The largest absolute Gasteiger partial charge is 0.345 e. The van der Waals surface area contributed by atoms with Gasteiger partial charge < -0.3 is 14.8 Å². The fourth-order valence-corrected chi connectivity index (χ4v) is 4.75. The Morgan fingerprint density at radius 2 is 1.90 bits per heavy atom. The third-order valence-electron chi connectivity index (χ3n) is 6.44. The van der Waals surface area contributed by atoms with E-state index in [1.807, 2.05) is 46.2 Å². The number of aromatic amines is 1. The molecule has 1 N–H and O–H groups in total. The van der Waals surface area contributed by atoms with Crippen molar-refractivity contribution in [2.75, 3.05) is 26.2 Å². The second kappa shape index (κ2) is 7.03. The minimum absolute atomic E-state index is 0.0323. The number of fused-ring (bicyclic) bond motifs is 1. The van der Waals surface area contributed by atoms with Crippen LogP contribution in [0.15, 0.2) is 54.9 Å². The summed E-state index contributed by atoms with van der Waals surface area (Å²) in [7, 11) is 0. The molecule has 29 heavy (non-hydrogen) atoms. The normalized spacial score (nSPS) is 21.6. The van der Waals surface area contributed by atoms with Crippen molar-refractivity contribution in [3.05, 3.63) is 66.0 Å². The molecular formula is C23H24N4O2. The van der Waals surface area contributed by atoms with Gasteiger partial charge in [-0.25, -0.2) is 4.98 Å². The highest BCUT2D eigenvalue weighted by atomic mass is 16.2. The Balaban J connectivity index is 1.28. The molecule has 3 aromatic rings. The van der Waals surface area contributed by atoms with Crippen LogP contribution in [-0.2, 0) is 11.2 Å². The Hall–Kier alpha value is -3.15. The monoisotopic (exact) mass is 388 g/mol. The van der Waals surface area contributed by atoms with E-state index in [4.69, 9.17) is 0 Å². The first kappa shape index (κ1) is 17.9.